The summed E-state index contributed by atoms with van der Waals surface area (Å²) in [5, 5.41) is 3.39. The maximum absolute atomic E-state index is 13.3. The van der Waals surface area contributed by atoms with E-state index in [1.807, 2.05) is 19.2 Å². The third-order valence-corrected chi connectivity index (χ3v) is 4.07. The van der Waals surface area contributed by atoms with E-state index < -0.39 is 0 Å². The molecule has 1 atom stereocenters. The summed E-state index contributed by atoms with van der Waals surface area (Å²) in [6.07, 6.45) is 0.802. The van der Waals surface area contributed by atoms with E-state index in [-0.39, 0.29) is 17.3 Å². The zero-order chi connectivity index (χ0) is 14.6. The minimum Gasteiger partial charge on any atom is -0.316 e. The molecule has 106 valence electrons. The fraction of sp³-hybridized carbons (Fsp3) is 0.333. The van der Waals surface area contributed by atoms with E-state index in [0.717, 1.165) is 12.0 Å². The van der Waals surface area contributed by atoms with Gasteiger partial charge in [-0.2, -0.15) is 0 Å². The average Bonchev–Trinajstić information content (AvgIpc) is 2.45. The van der Waals surface area contributed by atoms with Crippen molar-refractivity contribution in [2.45, 2.75) is 31.7 Å². The van der Waals surface area contributed by atoms with Crippen molar-refractivity contribution in [3.8, 4) is 0 Å². The lowest BCUT2D eigenvalue weighted by Crippen LogP contribution is -2.44. The second-order valence-corrected chi connectivity index (χ2v) is 5.76. The molecule has 20 heavy (non-hydrogen) atoms. The van der Waals surface area contributed by atoms with Crippen LogP contribution in [-0.2, 0) is 11.8 Å². The van der Waals surface area contributed by atoms with Crippen LogP contribution in [0, 0.1) is 5.82 Å². The van der Waals surface area contributed by atoms with Gasteiger partial charge in [-0.25, -0.2) is 4.39 Å². The van der Waals surface area contributed by atoms with Crippen LogP contribution in [0.2, 0.25) is 0 Å². The molecule has 1 nitrogen and oxygen atoms in total. The van der Waals surface area contributed by atoms with Crippen LogP contribution < -0.4 is 5.32 Å². The van der Waals surface area contributed by atoms with Gasteiger partial charge < -0.3 is 5.32 Å². The van der Waals surface area contributed by atoms with Crippen LogP contribution in [0.3, 0.4) is 0 Å². The van der Waals surface area contributed by atoms with Crippen LogP contribution in [0.25, 0.3) is 0 Å². The second kappa shape index (κ2) is 6.19. The van der Waals surface area contributed by atoms with Crippen LogP contribution in [0.4, 0.5) is 4.39 Å². The van der Waals surface area contributed by atoms with Crippen LogP contribution in [-0.4, -0.2) is 13.1 Å². The first kappa shape index (κ1) is 14.7. The Hall–Kier alpha value is -1.67. The first-order valence-electron chi connectivity index (χ1n) is 7.01. The van der Waals surface area contributed by atoms with Crippen molar-refractivity contribution < 1.29 is 4.39 Å². The minimum atomic E-state index is -0.171. The van der Waals surface area contributed by atoms with Crippen LogP contribution >= 0.6 is 0 Å². The summed E-state index contributed by atoms with van der Waals surface area (Å²) in [7, 11) is 1.97. The van der Waals surface area contributed by atoms with Crippen molar-refractivity contribution in [2.75, 3.05) is 7.05 Å². The fourth-order valence-corrected chi connectivity index (χ4v) is 2.69. The monoisotopic (exact) mass is 271 g/mol. The summed E-state index contributed by atoms with van der Waals surface area (Å²) in [6.45, 7) is 4.45. The lowest BCUT2D eigenvalue weighted by atomic mass is 9.75. The Morgan fingerprint density at radius 2 is 1.75 bits per heavy atom. The number of hydrogen-bond acceptors (Lipinski definition) is 1. The van der Waals surface area contributed by atoms with Crippen molar-refractivity contribution in [3.63, 3.8) is 0 Å². The topological polar surface area (TPSA) is 12.0 Å². The van der Waals surface area contributed by atoms with Gasteiger partial charge in [0.05, 0.1) is 0 Å². The molecule has 2 heteroatoms. The van der Waals surface area contributed by atoms with E-state index >= 15 is 0 Å². The number of halogens is 1. The smallest absolute Gasteiger partial charge is 0.123 e. The molecule has 0 radical (unpaired) electrons. The summed E-state index contributed by atoms with van der Waals surface area (Å²) >= 11 is 0. The molecule has 2 aromatic rings. The van der Waals surface area contributed by atoms with Gasteiger partial charge in [0.25, 0.3) is 0 Å². The molecule has 0 saturated carbocycles. The first-order chi connectivity index (χ1) is 9.54. The molecule has 0 heterocycles. The highest BCUT2D eigenvalue weighted by molar-refractivity contribution is 5.28. The van der Waals surface area contributed by atoms with E-state index in [1.54, 1.807) is 12.1 Å². The largest absolute Gasteiger partial charge is 0.316 e. The van der Waals surface area contributed by atoms with Crippen molar-refractivity contribution in [2.24, 2.45) is 0 Å². The Labute approximate surface area is 120 Å². The predicted octanol–water partition coefficient (Wildman–Crippen LogP) is 3.93. The minimum absolute atomic E-state index is 0.0255. The highest BCUT2D eigenvalue weighted by Crippen LogP contribution is 2.29. The molecule has 0 spiro atoms. The SMILES string of the molecule is CNC(Cc1cccc(F)c1)C(C)(C)c1ccccc1. The number of rotatable bonds is 5. The lowest BCUT2D eigenvalue weighted by molar-refractivity contribution is 0.356. The second-order valence-electron chi connectivity index (χ2n) is 5.76. The van der Waals surface area contributed by atoms with Gasteiger partial charge in [-0.15, -0.1) is 0 Å². The zero-order valence-corrected chi connectivity index (χ0v) is 12.4. The molecule has 1 unspecified atom stereocenters. The van der Waals surface area contributed by atoms with E-state index in [2.05, 4.69) is 43.4 Å². The molecule has 0 aliphatic carbocycles. The molecule has 0 bridgehead atoms. The van der Waals surface area contributed by atoms with Crippen molar-refractivity contribution >= 4 is 0 Å². The molecule has 2 rings (SSSR count). The molecular formula is C18H22FN. The Balaban J connectivity index is 2.23. The molecule has 0 saturated heterocycles. The Kier molecular flexibility index (Phi) is 4.56. The van der Waals surface area contributed by atoms with E-state index in [9.17, 15) is 4.39 Å². The zero-order valence-electron chi connectivity index (χ0n) is 12.4. The number of likely N-dealkylation sites (N-methyl/N-ethyl adjacent to an activating group) is 1. The highest BCUT2D eigenvalue weighted by atomic mass is 19.1. The molecule has 2 aromatic carbocycles. The molecule has 1 N–H and O–H groups in total. The number of benzene rings is 2. The normalized spacial score (nSPS) is 13.2. The summed E-state index contributed by atoms with van der Waals surface area (Å²) < 4.78 is 13.3. The Morgan fingerprint density at radius 3 is 2.35 bits per heavy atom. The average molecular weight is 271 g/mol. The predicted molar refractivity (Wildman–Crippen MR) is 82.4 cm³/mol. The van der Waals surface area contributed by atoms with Crippen LogP contribution in [0.1, 0.15) is 25.0 Å². The summed E-state index contributed by atoms with van der Waals surface area (Å²) in [5.41, 5.74) is 2.28. The standard InChI is InChI=1S/C18H22FN/c1-18(2,15-9-5-4-6-10-15)17(20-3)13-14-8-7-11-16(19)12-14/h4-12,17,20H,13H2,1-3H3. The third-order valence-electron chi connectivity index (χ3n) is 4.07. The number of hydrogen-bond donors (Lipinski definition) is 1. The van der Waals surface area contributed by atoms with E-state index in [1.165, 1.54) is 11.6 Å². The molecule has 0 amide bonds. The maximum Gasteiger partial charge on any atom is 0.123 e. The third kappa shape index (κ3) is 3.26. The first-order valence-corrected chi connectivity index (χ1v) is 7.01. The number of nitrogens with one attached hydrogen (secondary N) is 1. The summed E-state index contributed by atoms with van der Waals surface area (Å²) in [4.78, 5) is 0. The van der Waals surface area contributed by atoms with Crippen molar-refractivity contribution in [1.82, 2.24) is 5.32 Å². The molecule has 0 aliphatic rings. The fourth-order valence-electron chi connectivity index (χ4n) is 2.69. The van der Waals surface area contributed by atoms with Gasteiger partial charge in [0.2, 0.25) is 0 Å². The molecule has 0 aliphatic heterocycles. The van der Waals surface area contributed by atoms with E-state index in [4.69, 9.17) is 0 Å². The van der Waals surface area contributed by atoms with Gasteiger partial charge in [-0.1, -0.05) is 56.3 Å². The van der Waals surface area contributed by atoms with Gasteiger partial charge in [0.15, 0.2) is 0 Å². The molecule has 0 aromatic heterocycles. The van der Waals surface area contributed by atoms with Gasteiger partial charge in [-0.05, 0) is 36.7 Å². The van der Waals surface area contributed by atoms with Gasteiger partial charge in [0, 0.05) is 11.5 Å². The van der Waals surface area contributed by atoms with Gasteiger partial charge in [-0.3, -0.25) is 0 Å². The molecular weight excluding hydrogens is 249 g/mol. The van der Waals surface area contributed by atoms with Crippen LogP contribution in [0.5, 0.6) is 0 Å². The summed E-state index contributed by atoms with van der Waals surface area (Å²) in [6, 6.07) is 17.5. The van der Waals surface area contributed by atoms with Gasteiger partial charge in [0.1, 0.15) is 5.82 Å². The lowest BCUT2D eigenvalue weighted by Gasteiger charge is -2.35. The van der Waals surface area contributed by atoms with Crippen molar-refractivity contribution in [1.29, 1.82) is 0 Å². The van der Waals surface area contributed by atoms with Crippen LogP contribution in [0.15, 0.2) is 54.6 Å². The maximum atomic E-state index is 13.3. The summed E-state index contributed by atoms with van der Waals surface area (Å²) in [5.74, 6) is -0.171. The quantitative estimate of drug-likeness (QED) is 0.868. The Morgan fingerprint density at radius 1 is 1.05 bits per heavy atom. The van der Waals surface area contributed by atoms with Gasteiger partial charge >= 0.3 is 0 Å². The van der Waals surface area contributed by atoms with E-state index in [0.29, 0.717) is 0 Å². The Bertz CT molecular complexity index is 548. The molecule has 0 fully saturated rings. The van der Waals surface area contributed by atoms with Crippen molar-refractivity contribution in [3.05, 3.63) is 71.5 Å². The highest BCUT2D eigenvalue weighted by Gasteiger charge is 2.30.